The monoisotopic (exact) mass is 297 g/mol. The number of hydrogen-bond donors (Lipinski definition) is 2. The van der Waals surface area contributed by atoms with E-state index in [4.69, 9.17) is 22.1 Å². The molecule has 1 aromatic rings. The van der Waals surface area contributed by atoms with Gasteiger partial charge in [0, 0.05) is 32.1 Å². The molecular formula is C13H20ClN5O. The SMILES string of the molecule is Nc1c(Cl)nc(C2CC2)nc1NCCN1CCOCC1. The number of nitrogens with two attached hydrogens (primary N) is 1. The van der Waals surface area contributed by atoms with Crippen LogP contribution in [0.1, 0.15) is 24.6 Å². The van der Waals surface area contributed by atoms with Gasteiger partial charge in [-0.05, 0) is 12.8 Å². The smallest absolute Gasteiger partial charge is 0.157 e. The molecule has 1 saturated heterocycles. The zero-order valence-electron chi connectivity index (χ0n) is 11.4. The highest BCUT2D eigenvalue weighted by molar-refractivity contribution is 6.32. The largest absolute Gasteiger partial charge is 0.393 e. The van der Waals surface area contributed by atoms with Crippen LogP contribution in [0.5, 0.6) is 0 Å². The summed E-state index contributed by atoms with van der Waals surface area (Å²) in [6.07, 6.45) is 2.29. The molecule has 7 heteroatoms. The molecule has 2 aliphatic rings. The number of hydrogen-bond acceptors (Lipinski definition) is 6. The second-order valence-electron chi connectivity index (χ2n) is 5.29. The van der Waals surface area contributed by atoms with E-state index in [2.05, 4.69) is 20.2 Å². The Morgan fingerprint density at radius 2 is 2.05 bits per heavy atom. The number of rotatable bonds is 5. The quantitative estimate of drug-likeness (QED) is 0.799. The van der Waals surface area contributed by atoms with Crippen LogP contribution in [0.25, 0.3) is 0 Å². The van der Waals surface area contributed by atoms with E-state index in [1.54, 1.807) is 0 Å². The summed E-state index contributed by atoms with van der Waals surface area (Å²) in [6.45, 7) is 5.33. The van der Waals surface area contributed by atoms with E-state index in [9.17, 15) is 0 Å². The Morgan fingerprint density at radius 3 is 2.75 bits per heavy atom. The van der Waals surface area contributed by atoms with Crippen LogP contribution in [-0.2, 0) is 4.74 Å². The lowest BCUT2D eigenvalue weighted by Gasteiger charge is -2.26. The molecule has 0 spiro atoms. The maximum Gasteiger partial charge on any atom is 0.157 e. The Hall–Kier alpha value is -1.11. The van der Waals surface area contributed by atoms with Crippen LogP contribution in [0.2, 0.25) is 5.15 Å². The van der Waals surface area contributed by atoms with Crippen LogP contribution in [-0.4, -0.2) is 54.3 Å². The van der Waals surface area contributed by atoms with Gasteiger partial charge in [-0.1, -0.05) is 11.6 Å². The Labute approximate surface area is 123 Å². The van der Waals surface area contributed by atoms with Crippen LogP contribution in [0.15, 0.2) is 0 Å². The molecule has 3 N–H and O–H groups in total. The molecule has 110 valence electrons. The highest BCUT2D eigenvalue weighted by Crippen LogP contribution is 2.40. The van der Waals surface area contributed by atoms with Gasteiger partial charge in [0.2, 0.25) is 0 Å². The second-order valence-corrected chi connectivity index (χ2v) is 5.65. The van der Waals surface area contributed by atoms with Crippen molar-refractivity contribution in [2.45, 2.75) is 18.8 Å². The maximum absolute atomic E-state index is 6.08. The molecule has 2 heterocycles. The summed E-state index contributed by atoms with van der Waals surface area (Å²) in [4.78, 5) is 11.1. The number of anilines is 2. The third-order valence-electron chi connectivity index (χ3n) is 3.68. The second kappa shape index (κ2) is 6.11. The fourth-order valence-electron chi connectivity index (χ4n) is 2.27. The maximum atomic E-state index is 6.08. The third kappa shape index (κ3) is 3.31. The number of halogens is 1. The first-order valence-corrected chi connectivity index (χ1v) is 7.48. The number of ether oxygens (including phenoxy) is 1. The first kappa shape index (κ1) is 13.9. The van der Waals surface area contributed by atoms with Crippen molar-refractivity contribution in [3.05, 3.63) is 11.0 Å². The van der Waals surface area contributed by atoms with Crippen molar-refractivity contribution in [1.82, 2.24) is 14.9 Å². The van der Waals surface area contributed by atoms with Crippen LogP contribution in [0.3, 0.4) is 0 Å². The molecule has 1 aliphatic carbocycles. The molecule has 0 unspecified atom stereocenters. The Bertz CT molecular complexity index is 474. The normalized spacial score (nSPS) is 20.1. The van der Waals surface area contributed by atoms with E-state index in [1.165, 1.54) is 0 Å². The molecule has 0 aromatic carbocycles. The van der Waals surface area contributed by atoms with Crippen molar-refractivity contribution in [3.63, 3.8) is 0 Å². The van der Waals surface area contributed by atoms with E-state index in [1.807, 2.05) is 0 Å². The predicted octanol–water partition coefficient (Wildman–Crippen LogP) is 1.33. The number of nitrogens with zero attached hydrogens (tertiary/aromatic N) is 3. The zero-order valence-corrected chi connectivity index (χ0v) is 12.2. The Balaban J connectivity index is 1.58. The van der Waals surface area contributed by atoms with Crippen molar-refractivity contribution >= 4 is 23.1 Å². The molecule has 6 nitrogen and oxygen atoms in total. The highest BCUT2D eigenvalue weighted by atomic mass is 35.5. The van der Waals surface area contributed by atoms with Gasteiger partial charge in [-0.3, -0.25) is 4.90 Å². The highest BCUT2D eigenvalue weighted by Gasteiger charge is 2.28. The molecule has 2 fully saturated rings. The molecule has 0 bridgehead atoms. The Kier molecular flexibility index (Phi) is 4.24. The van der Waals surface area contributed by atoms with Crippen molar-refractivity contribution in [2.24, 2.45) is 0 Å². The average Bonchev–Trinajstić information content (AvgIpc) is 3.29. The summed E-state index contributed by atoms with van der Waals surface area (Å²) in [5, 5.41) is 3.64. The van der Waals surface area contributed by atoms with Gasteiger partial charge in [-0.2, -0.15) is 0 Å². The number of nitrogens with one attached hydrogen (secondary N) is 1. The fraction of sp³-hybridized carbons (Fsp3) is 0.692. The van der Waals surface area contributed by atoms with Crippen molar-refractivity contribution in [3.8, 4) is 0 Å². The van der Waals surface area contributed by atoms with Crippen molar-refractivity contribution in [2.75, 3.05) is 50.4 Å². The van der Waals surface area contributed by atoms with E-state index in [0.29, 0.717) is 22.6 Å². The lowest BCUT2D eigenvalue weighted by molar-refractivity contribution is 0.0398. The van der Waals surface area contributed by atoms with Gasteiger partial charge < -0.3 is 15.8 Å². The topological polar surface area (TPSA) is 76.3 Å². The van der Waals surface area contributed by atoms with Crippen LogP contribution < -0.4 is 11.1 Å². The minimum atomic E-state index is 0.357. The number of morpholine rings is 1. The molecule has 20 heavy (non-hydrogen) atoms. The zero-order chi connectivity index (χ0) is 13.9. The Morgan fingerprint density at radius 1 is 1.30 bits per heavy atom. The molecule has 0 radical (unpaired) electrons. The fourth-order valence-corrected chi connectivity index (χ4v) is 2.45. The first-order chi connectivity index (χ1) is 9.74. The summed E-state index contributed by atoms with van der Waals surface area (Å²) in [5.41, 5.74) is 6.38. The minimum absolute atomic E-state index is 0.357. The predicted molar refractivity (Wildman–Crippen MR) is 79.2 cm³/mol. The molecule has 1 aliphatic heterocycles. The van der Waals surface area contributed by atoms with Gasteiger partial charge in [0.15, 0.2) is 11.0 Å². The summed E-state index contributed by atoms with van der Waals surface area (Å²) < 4.78 is 5.33. The number of aromatic nitrogens is 2. The van der Waals surface area contributed by atoms with Crippen LogP contribution in [0, 0.1) is 0 Å². The van der Waals surface area contributed by atoms with Gasteiger partial charge in [0.05, 0.1) is 13.2 Å². The molecule has 3 rings (SSSR count). The summed E-state index contributed by atoms with van der Waals surface area (Å²) in [5.74, 6) is 1.95. The van der Waals surface area contributed by atoms with E-state index in [0.717, 1.165) is 58.1 Å². The standard InChI is InChI=1S/C13H20ClN5O/c14-11-10(15)13(18-12(17-11)9-1-2-9)16-3-4-19-5-7-20-8-6-19/h9H,1-8,15H2,(H,16,17,18). The van der Waals surface area contributed by atoms with Gasteiger partial charge in [0.1, 0.15) is 11.5 Å². The van der Waals surface area contributed by atoms with Crippen LogP contribution >= 0.6 is 11.6 Å². The van der Waals surface area contributed by atoms with E-state index >= 15 is 0 Å². The van der Waals surface area contributed by atoms with Crippen LogP contribution in [0.4, 0.5) is 11.5 Å². The lowest BCUT2D eigenvalue weighted by Crippen LogP contribution is -2.39. The van der Waals surface area contributed by atoms with Crippen molar-refractivity contribution in [1.29, 1.82) is 0 Å². The molecule has 0 atom stereocenters. The lowest BCUT2D eigenvalue weighted by atomic mass is 10.3. The minimum Gasteiger partial charge on any atom is -0.393 e. The molecule has 0 amide bonds. The summed E-state index contributed by atoms with van der Waals surface area (Å²) in [6, 6.07) is 0. The van der Waals surface area contributed by atoms with E-state index in [-0.39, 0.29) is 0 Å². The van der Waals surface area contributed by atoms with Gasteiger partial charge >= 0.3 is 0 Å². The molecule has 1 aromatic heterocycles. The van der Waals surface area contributed by atoms with Gasteiger partial charge in [-0.15, -0.1) is 0 Å². The molecular weight excluding hydrogens is 278 g/mol. The number of nitrogen functional groups attached to an aromatic ring is 1. The first-order valence-electron chi connectivity index (χ1n) is 7.11. The third-order valence-corrected chi connectivity index (χ3v) is 3.97. The van der Waals surface area contributed by atoms with E-state index < -0.39 is 0 Å². The summed E-state index contributed by atoms with van der Waals surface area (Å²) >= 11 is 6.08. The summed E-state index contributed by atoms with van der Waals surface area (Å²) in [7, 11) is 0. The van der Waals surface area contributed by atoms with Gasteiger partial charge in [-0.25, -0.2) is 9.97 Å². The van der Waals surface area contributed by atoms with Gasteiger partial charge in [0.25, 0.3) is 0 Å². The molecule has 1 saturated carbocycles. The van der Waals surface area contributed by atoms with Crippen molar-refractivity contribution < 1.29 is 4.74 Å². The average molecular weight is 298 g/mol.